The van der Waals surface area contributed by atoms with E-state index >= 15 is 0 Å². The van der Waals surface area contributed by atoms with Crippen LogP contribution in [0, 0.1) is 11.3 Å². The van der Waals surface area contributed by atoms with Crippen LogP contribution in [0.15, 0.2) is 48.8 Å². The minimum absolute atomic E-state index is 0.0957. The molecule has 1 saturated heterocycles. The van der Waals surface area contributed by atoms with Crippen molar-refractivity contribution in [2.75, 3.05) is 31.1 Å². The van der Waals surface area contributed by atoms with Crippen LogP contribution in [0.25, 0.3) is 10.9 Å². The molecule has 0 atom stereocenters. The van der Waals surface area contributed by atoms with E-state index in [1.54, 1.807) is 24.4 Å². The summed E-state index contributed by atoms with van der Waals surface area (Å²) in [5, 5.41) is 9.14. The third-order valence-corrected chi connectivity index (χ3v) is 5.06. The normalized spacial score (nSPS) is 14.6. The molecule has 0 aliphatic carbocycles. The number of piperazine rings is 1. The summed E-state index contributed by atoms with van der Waals surface area (Å²) >= 11 is 0. The van der Waals surface area contributed by atoms with Crippen molar-refractivity contribution in [3.05, 3.63) is 65.5 Å². The summed E-state index contributed by atoms with van der Waals surface area (Å²) in [4.78, 5) is 24.5. The van der Waals surface area contributed by atoms with Crippen molar-refractivity contribution in [2.24, 2.45) is 0 Å². The number of amides is 1. The molecule has 6 nitrogen and oxygen atoms in total. The van der Waals surface area contributed by atoms with E-state index in [-0.39, 0.29) is 24.0 Å². The standard InChI is InChI=1S/C21H16F3N5O/c22-21(23,24)18-15-5-1-2-6-17(15)27-13-16(18)20(30)29-10-8-28(9-11-29)19-14(12-25)4-3-7-26-19/h1-7,13H,8-11H2. The zero-order chi connectivity index (χ0) is 21.3. The number of pyridine rings is 2. The number of anilines is 1. The highest BCUT2D eigenvalue weighted by Gasteiger charge is 2.39. The van der Waals surface area contributed by atoms with E-state index in [2.05, 4.69) is 16.0 Å². The van der Waals surface area contributed by atoms with Crippen LogP contribution in [0.5, 0.6) is 0 Å². The third kappa shape index (κ3) is 3.52. The van der Waals surface area contributed by atoms with Gasteiger partial charge in [-0.1, -0.05) is 18.2 Å². The van der Waals surface area contributed by atoms with Crippen LogP contribution < -0.4 is 4.90 Å². The number of halogens is 3. The smallest absolute Gasteiger partial charge is 0.352 e. The predicted octanol–water partition coefficient (Wildman–Crippen LogP) is 3.48. The highest BCUT2D eigenvalue weighted by molar-refractivity contribution is 6.00. The Morgan fingerprint density at radius 3 is 2.47 bits per heavy atom. The van der Waals surface area contributed by atoms with Gasteiger partial charge in [0.25, 0.3) is 5.91 Å². The Morgan fingerprint density at radius 1 is 1.03 bits per heavy atom. The number of fused-ring (bicyclic) bond motifs is 1. The average Bonchev–Trinajstić information content (AvgIpc) is 2.77. The van der Waals surface area contributed by atoms with Crippen molar-refractivity contribution >= 4 is 22.6 Å². The first-order valence-corrected chi connectivity index (χ1v) is 9.24. The molecular formula is C21H16F3N5O. The second kappa shape index (κ2) is 7.63. The summed E-state index contributed by atoms with van der Waals surface area (Å²) in [6.07, 6.45) is -2.11. The van der Waals surface area contributed by atoms with E-state index in [9.17, 15) is 23.2 Å². The van der Waals surface area contributed by atoms with Gasteiger partial charge in [0.1, 0.15) is 11.9 Å². The quantitative estimate of drug-likeness (QED) is 0.646. The molecule has 2 aromatic heterocycles. The van der Waals surface area contributed by atoms with Gasteiger partial charge in [0, 0.05) is 44.0 Å². The fourth-order valence-corrected chi connectivity index (χ4v) is 3.64. The van der Waals surface area contributed by atoms with Crippen molar-refractivity contribution in [2.45, 2.75) is 6.18 Å². The van der Waals surface area contributed by atoms with E-state index in [1.165, 1.54) is 23.1 Å². The van der Waals surface area contributed by atoms with Gasteiger partial charge in [-0.25, -0.2) is 4.98 Å². The van der Waals surface area contributed by atoms with Gasteiger partial charge in [-0.3, -0.25) is 9.78 Å². The molecule has 4 rings (SSSR count). The Morgan fingerprint density at radius 2 is 1.77 bits per heavy atom. The predicted molar refractivity (Wildman–Crippen MR) is 104 cm³/mol. The minimum atomic E-state index is -4.69. The average molecular weight is 411 g/mol. The first-order valence-electron chi connectivity index (χ1n) is 9.24. The summed E-state index contributed by atoms with van der Waals surface area (Å²) in [6.45, 7) is 1.15. The monoisotopic (exact) mass is 411 g/mol. The maximum Gasteiger partial charge on any atom is 0.417 e. The Labute approximate surface area is 170 Å². The van der Waals surface area contributed by atoms with E-state index in [0.717, 1.165) is 6.20 Å². The molecule has 152 valence electrons. The molecule has 0 spiro atoms. The van der Waals surface area contributed by atoms with Gasteiger partial charge in [-0.2, -0.15) is 18.4 Å². The van der Waals surface area contributed by atoms with Crippen LogP contribution in [0.4, 0.5) is 19.0 Å². The molecule has 1 aromatic carbocycles. The third-order valence-electron chi connectivity index (χ3n) is 5.06. The van der Waals surface area contributed by atoms with Gasteiger partial charge in [0.05, 0.1) is 22.2 Å². The van der Waals surface area contributed by atoms with E-state index in [1.807, 2.05) is 4.90 Å². The molecule has 1 fully saturated rings. The molecular weight excluding hydrogens is 395 g/mol. The Kier molecular flexibility index (Phi) is 4.99. The van der Waals surface area contributed by atoms with Crippen molar-refractivity contribution in [3.8, 4) is 6.07 Å². The van der Waals surface area contributed by atoms with Gasteiger partial charge in [0.2, 0.25) is 0 Å². The Balaban J connectivity index is 1.61. The largest absolute Gasteiger partial charge is 0.417 e. The van der Waals surface area contributed by atoms with Gasteiger partial charge >= 0.3 is 6.18 Å². The van der Waals surface area contributed by atoms with Crippen molar-refractivity contribution in [1.82, 2.24) is 14.9 Å². The number of rotatable bonds is 2. The lowest BCUT2D eigenvalue weighted by Gasteiger charge is -2.36. The first-order chi connectivity index (χ1) is 14.4. The number of nitrogens with zero attached hydrogens (tertiary/aromatic N) is 5. The highest BCUT2D eigenvalue weighted by atomic mass is 19.4. The minimum Gasteiger partial charge on any atom is -0.352 e. The molecule has 1 amide bonds. The Hall–Kier alpha value is -3.67. The molecule has 3 heterocycles. The van der Waals surface area contributed by atoms with Gasteiger partial charge in [-0.15, -0.1) is 0 Å². The number of aromatic nitrogens is 2. The number of hydrogen-bond acceptors (Lipinski definition) is 5. The fourth-order valence-electron chi connectivity index (χ4n) is 3.64. The number of para-hydroxylation sites is 1. The van der Waals surface area contributed by atoms with Crippen LogP contribution in [-0.2, 0) is 6.18 Å². The molecule has 30 heavy (non-hydrogen) atoms. The molecule has 1 aliphatic rings. The lowest BCUT2D eigenvalue weighted by atomic mass is 10.0. The molecule has 0 N–H and O–H groups in total. The molecule has 0 unspecified atom stereocenters. The molecule has 0 radical (unpaired) electrons. The molecule has 0 bridgehead atoms. The number of hydrogen-bond donors (Lipinski definition) is 0. The number of carbonyl (C=O) groups is 1. The van der Waals surface area contributed by atoms with Crippen molar-refractivity contribution in [3.63, 3.8) is 0 Å². The van der Waals surface area contributed by atoms with Crippen LogP contribution >= 0.6 is 0 Å². The summed E-state index contributed by atoms with van der Waals surface area (Å²) < 4.78 is 41.5. The highest BCUT2D eigenvalue weighted by Crippen LogP contribution is 2.37. The molecule has 3 aromatic rings. The zero-order valence-corrected chi connectivity index (χ0v) is 15.7. The summed E-state index contributed by atoms with van der Waals surface area (Å²) in [7, 11) is 0. The van der Waals surface area contributed by atoms with E-state index in [0.29, 0.717) is 24.5 Å². The number of benzene rings is 1. The van der Waals surface area contributed by atoms with Crippen LogP contribution in [0.3, 0.4) is 0 Å². The van der Waals surface area contributed by atoms with E-state index < -0.39 is 23.2 Å². The summed E-state index contributed by atoms with van der Waals surface area (Å²) in [6, 6.07) is 11.3. The number of carbonyl (C=O) groups excluding carboxylic acids is 1. The molecule has 0 saturated carbocycles. The van der Waals surface area contributed by atoms with Gasteiger partial charge in [0.15, 0.2) is 0 Å². The Bertz CT molecular complexity index is 1150. The van der Waals surface area contributed by atoms with Crippen molar-refractivity contribution < 1.29 is 18.0 Å². The van der Waals surface area contributed by atoms with Crippen LogP contribution in [0.1, 0.15) is 21.5 Å². The lowest BCUT2D eigenvalue weighted by Crippen LogP contribution is -2.49. The van der Waals surface area contributed by atoms with E-state index in [4.69, 9.17) is 0 Å². The first kappa shape index (κ1) is 19.6. The van der Waals surface area contributed by atoms with Crippen molar-refractivity contribution in [1.29, 1.82) is 5.26 Å². The fraction of sp³-hybridized carbons (Fsp3) is 0.238. The second-order valence-electron chi connectivity index (χ2n) is 6.83. The van der Waals surface area contributed by atoms with Gasteiger partial charge < -0.3 is 9.80 Å². The number of nitriles is 1. The lowest BCUT2D eigenvalue weighted by molar-refractivity contribution is -0.136. The zero-order valence-electron chi connectivity index (χ0n) is 15.7. The second-order valence-corrected chi connectivity index (χ2v) is 6.83. The molecule has 1 aliphatic heterocycles. The van der Waals surface area contributed by atoms with Gasteiger partial charge in [-0.05, 0) is 18.2 Å². The SMILES string of the molecule is N#Cc1cccnc1N1CCN(C(=O)c2cnc3ccccc3c2C(F)(F)F)CC1. The maximum atomic E-state index is 13.8. The van der Waals surface area contributed by atoms with Crippen LogP contribution in [0.2, 0.25) is 0 Å². The summed E-state index contributed by atoms with van der Waals surface area (Å²) in [5.74, 6) is -0.197. The molecule has 9 heteroatoms. The summed E-state index contributed by atoms with van der Waals surface area (Å²) in [5.41, 5.74) is -0.817. The number of alkyl halides is 3. The topological polar surface area (TPSA) is 73.1 Å². The van der Waals surface area contributed by atoms with Crippen LogP contribution in [-0.4, -0.2) is 47.0 Å². The maximum absolute atomic E-state index is 13.8.